The van der Waals surface area contributed by atoms with Gasteiger partial charge in [0.2, 0.25) is 0 Å². The van der Waals surface area contributed by atoms with Crippen LogP contribution in [-0.4, -0.2) is 37.5 Å². The van der Waals surface area contributed by atoms with E-state index in [0.717, 1.165) is 0 Å². The number of aromatic amines is 1. The van der Waals surface area contributed by atoms with Gasteiger partial charge in [0.15, 0.2) is 0 Å². The smallest absolute Gasteiger partial charge is 0.259 e. The number of fused-ring (bicyclic) bond motifs is 2. The van der Waals surface area contributed by atoms with E-state index < -0.39 is 0 Å². The number of hydrogen-bond donors (Lipinski definition) is 1. The van der Waals surface area contributed by atoms with E-state index in [2.05, 4.69) is 20.1 Å². The lowest BCUT2D eigenvalue weighted by Crippen LogP contribution is -2.32. The number of halogens is 1. The predicted molar refractivity (Wildman–Crippen MR) is 125 cm³/mol. The summed E-state index contributed by atoms with van der Waals surface area (Å²) >= 11 is 0. The Morgan fingerprint density at radius 3 is 2.65 bits per heavy atom. The molecule has 5 aromatic rings. The Morgan fingerprint density at radius 1 is 1.12 bits per heavy atom. The van der Waals surface area contributed by atoms with Gasteiger partial charge in [-0.15, -0.1) is 0 Å². The zero-order chi connectivity index (χ0) is 23.8. The highest BCUT2D eigenvalue weighted by Crippen LogP contribution is 2.28. The summed E-state index contributed by atoms with van der Waals surface area (Å²) in [6, 6.07) is 14.5. The van der Waals surface area contributed by atoms with Crippen LogP contribution in [0, 0.1) is 12.7 Å². The minimum Gasteiger partial charge on any atom is -0.335 e. The lowest BCUT2D eigenvalue weighted by molar-refractivity contribution is 0.0750. The molecular weight excluding hydrogens is 437 g/mol. The topological polar surface area (TPSA) is 105 Å². The molecule has 0 atom stereocenters. The van der Waals surface area contributed by atoms with E-state index in [0.29, 0.717) is 51.2 Å². The van der Waals surface area contributed by atoms with Crippen molar-refractivity contribution in [3.63, 3.8) is 0 Å². The SMILES string of the molecule is CCN(Cc1nc2ccccc2c(=O)[nH]1)C(=O)c1cc(-c2ccc(F)cc2)nc2onc(C)c12. The van der Waals surface area contributed by atoms with Crippen LogP contribution in [0.25, 0.3) is 33.3 Å². The number of para-hydroxylation sites is 1. The molecule has 0 aliphatic heterocycles. The van der Waals surface area contributed by atoms with Crippen LogP contribution in [0.1, 0.15) is 28.8 Å². The maximum atomic E-state index is 13.7. The standard InChI is InChI=1S/C25H20FN5O3/c1-3-31(13-21-27-19-7-5-4-6-17(19)23(32)29-21)25(33)18-12-20(15-8-10-16(26)11-9-15)28-24-22(18)14(2)30-34-24/h4-12H,3,13H2,1-2H3,(H,27,29,32). The van der Waals surface area contributed by atoms with Crippen LogP contribution >= 0.6 is 0 Å². The van der Waals surface area contributed by atoms with E-state index >= 15 is 0 Å². The number of hydrogen-bond acceptors (Lipinski definition) is 6. The van der Waals surface area contributed by atoms with Crippen molar-refractivity contribution in [2.24, 2.45) is 0 Å². The number of carbonyl (C=O) groups excluding carboxylic acids is 1. The molecule has 34 heavy (non-hydrogen) atoms. The van der Waals surface area contributed by atoms with Gasteiger partial charge in [-0.3, -0.25) is 9.59 Å². The van der Waals surface area contributed by atoms with Gasteiger partial charge in [-0.25, -0.2) is 14.4 Å². The highest BCUT2D eigenvalue weighted by atomic mass is 19.1. The van der Waals surface area contributed by atoms with Crippen molar-refractivity contribution in [1.82, 2.24) is 25.0 Å². The summed E-state index contributed by atoms with van der Waals surface area (Å²) in [6.07, 6.45) is 0. The molecule has 3 aromatic heterocycles. The first-order valence-electron chi connectivity index (χ1n) is 10.7. The molecule has 1 N–H and O–H groups in total. The summed E-state index contributed by atoms with van der Waals surface area (Å²) in [5, 5.41) is 4.97. The van der Waals surface area contributed by atoms with Crippen molar-refractivity contribution in [3.05, 3.63) is 87.9 Å². The van der Waals surface area contributed by atoms with E-state index in [9.17, 15) is 14.0 Å². The number of rotatable bonds is 5. The Bertz CT molecular complexity index is 1590. The molecular formula is C25H20FN5O3. The fourth-order valence-corrected chi connectivity index (χ4v) is 3.92. The zero-order valence-corrected chi connectivity index (χ0v) is 18.5. The fraction of sp³-hybridized carbons (Fsp3) is 0.160. The first-order chi connectivity index (χ1) is 16.4. The Labute approximate surface area is 193 Å². The third kappa shape index (κ3) is 3.81. The summed E-state index contributed by atoms with van der Waals surface area (Å²) in [6.45, 7) is 4.06. The van der Waals surface area contributed by atoms with Gasteiger partial charge >= 0.3 is 0 Å². The molecule has 9 heteroatoms. The lowest BCUT2D eigenvalue weighted by atomic mass is 10.0. The maximum absolute atomic E-state index is 13.7. The van der Waals surface area contributed by atoms with Crippen molar-refractivity contribution >= 4 is 27.9 Å². The predicted octanol–water partition coefficient (Wildman–Crippen LogP) is 4.24. The lowest BCUT2D eigenvalue weighted by Gasteiger charge is -2.21. The molecule has 3 heterocycles. The Hall–Kier alpha value is -4.40. The van der Waals surface area contributed by atoms with Gasteiger partial charge in [0.05, 0.1) is 39.8 Å². The van der Waals surface area contributed by atoms with Crippen LogP contribution in [0.2, 0.25) is 0 Å². The molecule has 0 radical (unpaired) electrons. The first kappa shape index (κ1) is 21.4. The van der Waals surface area contributed by atoms with Crippen LogP contribution in [0.5, 0.6) is 0 Å². The van der Waals surface area contributed by atoms with Gasteiger partial charge in [0.25, 0.3) is 17.2 Å². The van der Waals surface area contributed by atoms with Crippen molar-refractivity contribution in [1.29, 1.82) is 0 Å². The summed E-state index contributed by atoms with van der Waals surface area (Å²) in [5.41, 5.74) is 2.50. The fourth-order valence-electron chi connectivity index (χ4n) is 3.92. The molecule has 0 unspecified atom stereocenters. The van der Waals surface area contributed by atoms with Crippen LogP contribution in [-0.2, 0) is 6.54 Å². The molecule has 0 bridgehead atoms. The molecule has 1 amide bonds. The Kier molecular flexibility index (Phi) is 5.37. The summed E-state index contributed by atoms with van der Waals surface area (Å²) in [7, 11) is 0. The summed E-state index contributed by atoms with van der Waals surface area (Å²) < 4.78 is 18.8. The number of H-pyrrole nitrogens is 1. The number of amides is 1. The monoisotopic (exact) mass is 457 g/mol. The van der Waals surface area contributed by atoms with Crippen molar-refractivity contribution < 1.29 is 13.7 Å². The van der Waals surface area contributed by atoms with Gasteiger partial charge in [-0.1, -0.05) is 17.3 Å². The number of benzene rings is 2. The van der Waals surface area contributed by atoms with Gasteiger partial charge < -0.3 is 14.4 Å². The molecule has 5 rings (SSSR count). The molecule has 0 saturated carbocycles. The minimum atomic E-state index is -0.370. The molecule has 170 valence electrons. The first-order valence-corrected chi connectivity index (χ1v) is 10.7. The molecule has 8 nitrogen and oxygen atoms in total. The third-order valence-electron chi connectivity index (χ3n) is 5.66. The van der Waals surface area contributed by atoms with Crippen LogP contribution in [0.15, 0.2) is 63.9 Å². The second kappa shape index (κ2) is 8.51. The van der Waals surface area contributed by atoms with Crippen LogP contribution < -0.4 is 5.56 Å². The molecule has 2 aromatic carbocycles. The van der Waals surface area contributed by atoms with Crippen molar-refractivity contribution in [3.8, 4) is 11.3 Å². The van der Waals surface area contributed by atoms with E-state index in [1.54, 1.807) is 54.3 Å². The third-order valence-corrected chi connectivity index (χ3v) is 5.66. The van der Waals surface area contributed by atoms with Gasteiger partial charge in [0, 0.05) is 12.1 Å². The van der Waals surface area contributed by atoms with E-state index in [4.69, 9.17) is 4.52 Å². The maximum Gasteiger partial charge on any atom is 0.259 e. The quantitative estimate of drug-likeness (QED) is 0.423. The van der Waals surface area contributed by atoms with Crippen LogP contribution in [0.4, 0.5) is 4.39 Å². The van der Waals surface area contributed by atoms with E-state index in [1.165, 1.54) is 12.1 Å². The minimum absolute atomic E-state index is 0.107. The Balaban J connectivity index is 1.56. The largest absolute Gasteiger partial charge is 0.335 e. The second-order valence-corrected chi connectivity index (χ2v) is 7.86. The summed E-state index contributed by atoms with van der Waals surface area (Å²) in [5.74, 6) is -0.281. The average molecular weight is 457 g/mol. The number of carbonyl (C=O) groups is 1. The molecule has 0 aliphatic carbocycles. The van der Waals surface area contributed by atoms with Gasteiger partial charge in [-0.05, 0) is 56.3 Å². The second-order valence-electron chi connectivity index (χ2n) is 7.86. The molecule has 0 fully saturated rings. The summed E-state index contributed by atoms with van der Waals surface area (Å²) in [4.78, 5) is 39.5. The highest BCUT2D eigenvalue weighted by Gasteiger charge is 2.24. The highest BCUT2D eigenvalue weighted by molar-refractivity contribution is 6.07. The van der Waals surface area contributed by atoms with Gasteiger partial charge in [-0.2, -0.15) is 0 Å². The number of aromatic nitrogens is 4. The number of nitrogens with one attached hydrogen (secondary N) is 1. The molecule has 0 saturated heterocycles. The number of aryl methyl sites for hydroxylation is 1. The normalized spacial score (nSPS) is 11.3. The average Bonchev–Trinajstić information content (AvgIpc) is 3.22. The number of pyridine rings is 1. The van der Waals surface area contributed by atoms with E-state index in [-0.39, 0.29) is 29.5 Å². The van der Waals surface area contributed by atoms with Crippen molar-refractivity contribution in [2.75, 3.05) is 6.54 Å². The number of nitrogens with zero attached hydrogens (tertiary/aromatic N) is 4. The van der Waals surface area contributed by atoms with Crippen LogP contribution in [0.3, 0.4) is 0 Å². The Morgan fingerprint density at radius 2 is 1.88 bits per heavy atom. The molecule has 0 aliphatic rings. The zero-order valence-electron chi connectivity index (χ0n) is 18.5. The molecule has 0 spiro atoms. The van der Waals surface area contributed by atoms with Crippen molar-refractivity contribution in [2.45, 2.75) is 20.4 Å². The van der Waals surface area contributed by atoms with E-state index in [1.807, 2.05) is 6.92 Å². The van der Waals surface area contributed by atoms with Gasteiger partial charge in [0.1, 0.15) is 11.6 Å².